The molecule has 0 bridgehead atoms. The van der Waals surface area contributed by atoms with Crippen molar-refractivity contribution in [3.05, 3.63) is 64.4 Å². The summed E-state index contributed by atoms with van der Waals surface area (Å²) in [6, 6.07) is 10.2. The van der Waals surface area contributed by atoms with Gasteiger partial charge in [-0.2, -0.15) is 0 Å². The number of methoxy groups -OCH3 is 6. The van der Waals surface area contributed by atoms with Crippen molar-refractivity contribution >= 4 is 17.8 Å². The summed E-state index contributed by atoms with van der Waals surface area (Å²) >= 11 is 0. The molecule has 3 aromatic carbocycles. The monoisotopic (exact) mass is 548 g/mol. The number of hydrogen-bond acceptors (Lipinski definition) is 10. The second kappa shape index (κ2) is 10.7. The number of Topliss-reactive ketones (excluding diaryl/α,β-unsaturated/α-hetero) is 1. The fraction of sp³-hybridized carbons (Fsp3) is 0.267. The first-order valence-corrected chi connectivity index (χ1v) is 12.3. The molecular weight excluding hydrogens is 520 g/mol. The maximum atomic E-state index is 13.5. The topological polar surface area (TPSA) is 108 Å². The van der Waals surface area contributed by atoms with Crippen LogP contribution in [0.5, 0.6) is 46.0 Å². The van der Waals surface area contributed by atoms with Crippen LogP contribution in [0.15, 0.2) is 42.2 Å². The molecule has 0 saturated carbocycles. The van der Waals surface area contributed by atoms with Crippen LogP contribution in [-0.4, -0.2) is 54.4 Å². The maximum absolute atomic E-state index is 13.5. The number of fused-ring (bicyclic) bond motifs is 3. The number of ether oxygens (including phenoxy) is 8. The molecule has 0 saturated heterocycles. The van der Waals surface area contributed by atoms with Gasteiger partial charge in [0.2, 0.25) is 17.3 Å². The molecule has 10 heteroatoms. The van der Waals surface area contributed by atoms with Crippen LogP contribution in [0.3, 0.4) is 0 Å². The highest BCUT2D eigenvalue weighted by molar-refractivity contribution is 6.15. The molecule has 2 aliphatic rings. The Morgan fingerprint density at radius 1 is 0.725 bits per heavy atom. The Bertz CT molecular complexity index is 1510. The minimum Gasteiger partial charge on any atom is -0.493 e. The number of hydrogen-bond donors (Lipinski definition) is 0. The molecule has 0 aromatic heterocycles. The van der Waals surface area contributed by atoms with Crippen molar-refractivity contribution in [3.8, 4) is 46.0 Å². The van der Waals surface area contributed by atoms with Gasteiger partial charge in [0.1, 0.15) is 11.5 Å². The summed E-state index contributed by atoms with van der Waals surface area (Å²) in [4.78, 5) is 26.1. The van der Waals surface area contributed by atoms with Gasteiger partial charge in [0, 0.05) is 17.0 Å². The molecule has 2 aliphatic heterocycles. The lowest BCUT2D eigenvalue weighted by Gasteiger charge is -2.27. The Balaban J connectivity index is 1.63. The zero-order valence-corrected chi connectivity index (χ0v) is 22.9. The van der Waals surface area contributed by atoms with E-state index in [1.807, 2.05) is 0 Å². The quantitative estimate of drug-likeness (QED) is 0.221. The lowest BCUT2D eigenvalue weighted by molar-refractivity contribution is -0.135. The Labute approximate surface area is 230 Å². The van der Waals surface area contributed by atoms with Gasteiger partial charge in [0.25, 0.3) is 0 Å². The van der Waals surface area contributed by atoms with Crippen molar-refractivity contribution in [3.63, 3.8) is 0 Å². The number of ketones is 1. The molecule has 3 aromatic rings. The van der Waals surface area contributed by atoms with E-state index in [0.717, 1.165) is 0 Å². The first kappa shape index (κ1) is 26.7. The summed E-state index contributed by atoms with van der Waals surface area (Å²) in [5, 5.41) is 0. The van der Waals surface area contributed by atoms with Crippen LogP contribution in [0.4, 0.5) is 0 Å². The Hall–Kier alpha value is -4.86. The van der Waals surface area contributed by atoms with E-state index in [0.29, 0.717) is 68.2 Å². The van der Waals surface area contributed by atoms with Crippen molar-refractivity contribution in [1.29, 1.82) is 0 Å². The van der Waals surface area contributed by atoms with Crippen molar-refractivity contribution < 1.29 is 47.5 Å². The fourth-order valence-corrected chi connectivity index (χ4v) is 5.07. The summed E-state index contributed by atoms with van der Waals surface area (Å²) in [7, 11) is 9.07. The van der Waals surface area contributed by atoms with Crippen molar-refractivity contribution in [1.82, 2.24) is 0 Å². The lowest BCUT2D eigenvalue weighted by Crippen LogP contribution is -2.21. The molecule has 0 radical (unpaired) electrons. The van der Waals surface area contributed by atoms with Gasteiger partial charge < -0.3 is 37.9 Å². The van der Waals surface area contributed by atoms with Crippen LogP contribution in [0, 0.1) is 0 Å². The fourth-order valence-electron chi connectivity index (χ4n) is 5.07. The van der Waals surface area contributed by atoms with E-state index in [1.165, 1.54) is 42.7 Å². The van der Waals surface area contributed by atoms with Crippen LogP contribution < -0.4 is 37.9 Å². The summed E-state index contributed by atoms with van der Waals surface area (Å²) < 4.78 is 44.7. The SMILES string of the molecule is COc1cc([C@@H]2CC(=O)Oc3ccc4c(c32)O/C(=C/c2ccc(OC)c(OC)c2OC)C4=O)cc(OC)c1OC. The molecule has 5 rings (SSSR count). The molecule has 40 heavy (non-hydrogen) atoms. The smallest absolute Gasteiger partial charge is 0.312 e. The van der Waals surface area contributed by atoms with Crippen molar-refractivity contribution in [2.24, 2.45) is 0 Å². The Morgan fingerprint density at radius 3 is 1.98 bits per heavy atom. The lowest BCUT2D eigenvalue weighted by atomic mass is 9.84. The predicted molar refractivity (Wildman–Crippen MR) is 144 cm³/mol. The molecule has 0 aliphatic carbocycles. The largest absolute Gasteiger partial charge is 0.493 e. The normalized spacial score (nSPS) is 16.4. The highest BCUT2D eigenvalue weighted by atomic mass is 16.5. The Kier molecular flexibility index (Phi) is 7.17. The summed E-state index contributed by atoms with van der Waals surface area (Å²) in [5.41, 5.74) is 2.18. The zero-order valence-electron chi connectivity index (χ0n) is 22.9. The van der Waals surface area contributed by atoms with Crippen LogP contribution in [-0.2, 0) is 4.79 Å². The average Bonchev–Trinajstić information content (AvgIpc) is 3.29. The number of carbonyl (C=O) groups excluding carboxylic acids is 2. The minimum atomic E-state index is -0.511. The standard InChI is InChI=1S/C30H28O10/c1-33-20-9-7-15(27(36-4)30(20)38-6)11-21-26(32)17-8-10-19-25(28(17)40-21)18(14-24(31)39-19)16-12-22(34-2)29(37-5)23(13-16)35-3/h7-13,18H,14H2,1-6H3/b21-11+/t18-/m0/s1. The van der Waals surface area contributed by atoms with Gasteiger partial charge in [-0.25, -0.2) is 0 Å². The molecular formula is C30H28O10. The molecule has 0 N–H and O–H groups in total. The van der Waals surface area contributed by atoms with E-state index in [1.54, 1.807) is 42.5 Å². The minimum absolute atomic E-state index is 0.0161. The number of carbonyl (C=O) groups is 2. The average molecular weight is 549 g/mol. The number of allylic oxidation sites excluding steroid dienone is 1. The first-order valence-electron chi connectivity index (χ1n) is 12.3. The van der Waals surface area contributed by atoms with Crippen molar-refractivity contribution in [2.45, 2.75) is 12.3 Å². The van der Waals surface area contributed by atoms with E-state index in [2.05, 4.69) is 0 Å². The summed E-state index contributed by atoms with van der Waals surface area (Å²) in [6.07, 6.45) is 1.60. The van der Waals surface area contributed by atoms with Gasteiger partial charge in [-0.15, -0.1) is 0 Å². The predicted octanol–water partition coefficient (Wildman–Crippen LogP) is 4.80. The van der Waals surface area contributed by atoms with E-state index in [9.17, 15) is 9.59 Å². The van der Waals surface area contributed by atoms with Crippen LogP contribution >= 0.6 is 0 Å². The van der Waals surface area contributed by atoms with Gasteiger partial charge in [-0.3, -0.25) is 9.59 Å². The number of benzene rings is 3. The third-order valence-electron chi connectivity index (χ3n) is 6.89. The van der Waals surface area contributed by atoms with Crippen LogP contribution in [0.25, 0.3) is 6.08 Å². The van der Waals surface area contributed by atoms with Gasteiger partial charge in [0.15, 0.2) is 28.8 Å². The van der Waals surface area contributed by atoms with Crippen LogP contribution in [0.1, 0.15) is 39.4 Å². The van der Waals surface area contributed by atoms with E-state index in [-0.39, 0.29) is 18.0 Å². The zero-order chi connectivity index (χ0) is 28.6. The van der Waals surface area contributed by atoms with Gasteiger partial charge in [-0.05, 0) is 48.0 Å². The summed E-state index contributed by atoms with van der Waals surface area (Å²) in [6.45, 7) is 0. The number of esters is 1. The number of rotatable bonds is 8. The molecule has 0 amide bonds. The second-order valence-corrected chi connectivity index (χ2v) is 8.91. The van der Waals surface area contributed by atoms with Crippen molar-refractivity contribution in [2.75, 3.05) is 42.7 Å². The maximum Gasteiger partial charge on any atom is 0.312 e. The van der Waals surface area contributed by atoms with Gasteiger partial charge in [0.05, 0.1) is 54.6 Å². The molecule has 2 heterocycles. The third kappa shape index (κ3) is 4.31. The molecule has 208 valence electrons. The van der Waals surface area contributed by atoms with E-state index >= 15 is 0 Å². The second-order valence-electron chi connectivity index (χ2n) is 8.91. The van der Waals surface area contributed by atoms with Crippen LogP contribution in [0.2, 0.25) is 0 Å². The van der Waals surface area contributed by atoms with Gasteiger partial charge in [-0.1, -0.05) is 0 Å². The highest BCUT2D eigenvalue weighted by Gasteiger charge is 2.39. The Morgan fingerprint density at radius 2 is 1.38 bits per heavy atom. The molecule has 1 atom stereocenters. The molecule has 0 spiro atoms. The third-order valence-corrected chi connectivity index (χ3v) is 6.89. The van der Waals surface area contributed by atoms with E-state index < -0.39 is 11.9 Å². The van der Waals surface area contributed by atoms with Gasteiger partial charge >= 0.3 is 5.97 Å². The molecule has 0 fully saturated rings. The van der Waals surface area contributed by atoms with E-state index in [4.69, 9.17) is 37.9 Å². The molecule has 0 unspecified atom stereocenters. The summed E-state index contributed by atoms with van der Waals surface area (Å²) in [5.74, 6) is 1.99. The highest BCUT2D eigenvalue weighted by Crippen LogP contribution is 2.51. The molecule has 10 nitrogen and oxygen atoms in total. The first-order chi connectivity index (χ1) is 19.4.